The summed E-state index contributed by atoms with van der Waals surface area (Å²) in [5.41, 5.74) is -1.21. The Morgan fingerprint density at radius 1 is 1.32 bits per heavy atom. The fourth-order valence-electron chi connectivity index (χ4n) is 1.76. The zero-order chi connectivity index (χ0) is 14.2. The van der Waals surface area contributed by atoms with Gasteiger partial charge in [-0.25, -0.2) is 4.79 Å². The van der Waals surface area contributed by atoms with E-state index in [0.29, 0.717) is 10.8 Å². The molecule has 1 aliphatic heterocycles. The van der Waals surface area contributed by atoms with E-state index < -0.39 is 23.3 Å². The minimum Gasteiger partial charge on any atom is -0.277 e. The Bertz CT molecular complexity index is 553. The molecule has 2 heterocycles. The highest BCUT2D eigenvalue weighted by Crippen LogP contribution is 2.25. The van der Waals surface area contributed by atoms with Gasteiger partial charge >= 0.3 is 6.03 Å². The van der Waals surface area contributed by atoms with Crippen molar-refractivity contribution in [2.24, 2.45) is 5.41 Å². The van der Waals surface area contributed by atoms with E-state index in [4.69, 9.17) is 11.6 Å². The minimum atomic E-state index is -1.21. The number of barbiturate groups is 1. The summed E-state index contributed by atoms with van der Waals surface area (Å²) in [6, 6.07) is 2.97. The Morgan fingerprint density at radius 3 is 2.58 bits per heavy atom. The van der Waals surface area contributed by atoms with Crippen LogP contribution in [0.2, 0.25) is 4.34 Å². The van der Waals surface area contributed by atoms with Crippen LogP contribution in [-0.2, 0) is 16.0 Å². The monoisotopic (exact) mass is 300 g/mol. The molecule has 0 saturated carbocycles. The molecule has 1 aliphatic rings. The van der Waals surface area contributed by atoms with Crippen LogP contribution in [0.1, 0.15) is 18.7 Å². The highest BCUT2D eigenvalue weighted by molar-refractivity contribution is 7.16. The van der Waals surface area contributed by atoms with Crippen molar-refractivity contribution in [2.75, 3.05) is 6.54 Å². The number of rotatable bonds is 3. The largest absolute Gasteiger partial charge is 0.330 e. The number of hydrogen-bond acceptors (Lipinski definition) is 4. The number of halogens is 1. The summed E-state index contributed by atoms with van der Waals surface area (Å²) in [5.74, 6) is -1.03. The zero-order valence-electron chi connectivity index (χ0n) is 10.5. The summed E-state index contributed by atoms with van der Waals surface area (Å²) in [5, 5.41) is 2.20. The van der Waals surface area contributed by atoms with Gasteiger partial charge in [0.05, 0.1) is 4.34 Å². The molecule has 0 spiro atoms. The van der Waals surface area contributed by atoms with Crippen molar-refractivity contribution in [3.05, 3.63) is 21.3 Å². The second-order valence-electron chi connectivity index (χ2n) is 4.80. The second kappa shape index (κ2) is 4.94. The van der Waals surface area contributed by atoms with Crippen LogP contribution in [0.5, 0.6) is 0 Å². The molecule has 1 N–H and O–H groups in total. The number of carbonyl (C=O) groups is 3. The maximum absolute atomic E-state index is 12.1. The lowest BCUT2D eigenvalue weighted by molar-refractivity contribution is -0.148. The number of hydrogen-bond donors (Lipinski definition) is 1. The molecule has 0 atom stereocenters. The molecule has 0 unspecified atom stereocenters. The molecule has 1 aromatic heterocycles. The zero-order valence-corrected chi connectivity index (χ0v) is 12.1. The van der Waals surface area contributed by atoms with Gasteiger partial charge in [-0.1, -0.05) is 11.6 Å². The van der Waals surface area contributed by atoms with E-state index in [0.717, 1.165) is 9.78 Å². The Balaban J connectivity index is 2.09. The number of carbonyl (C=O) groups excluding carboxylic acids is 3. The summed E-state index contributed by atoms with van der Waals surface area (Å²) < 4.78 is 0.667. The molecule has 0 radical (unpaired) electrons. The summed E-state index contributed by atoms with van der Waals surface area (Å²) in [7, 11) is 0. The average molecular weight is 301 g/mol. The summed E-state index contributed by atoms with van der Waals surface area (Å²) >= 11 is 7.23. The third-order valence-corrected chi connectivity index (χ3v) is 4.31. The van der Waals surface area contributed by atoms with Gasteiger partial charge in [0.1, 0.15) is 5.41 Å². The number of nitrogens with one attached hydrogen (secondary N) is 1. The van der Waals surface area contributed by atoms with Gasteiger partial charge in [0, 0.05) is 17.8 Å². The number of nitrogens with zero attached hydrogens (tertiary/aromatic N) is 1. The fourth-order valence-corrected chi connectivity index (χ4v) is 2.84. The van der Waals surface area contributed by atoms with Crippen molar-refractivity contribution in [2.45, 2.75) is 20.3 Å². The molecular formula is C12H13ClN2O3S. The topological polar surface area (TPSA) is 66.5 Å². The molecule has 0 bridgehead atoms. The van der Waals surface area contributed by atoms with Crippen LogP contribution in [-0.4, -0.2) is 29.3 Å². The molecule has 19 heavy (non-hydrogen) atoms. The lowest BCUT2D eigenvalue weighted by Crippen LogP contribution is -2.62. The normalized spacial score (nSPS) is 18.7. The number of thiophene rings is 1. The smallest absolute Gasteiger partial charge is 0.277 e. The lowest BCUT2D eigenvalue weighted by Gasteiger charge is -2.34. The Kier molecular flexibility index (Phi) is 3.64. The number of amides is 4. The van der Waals surface area contributed by atoms with E-state index in [-0.39, 0.29) is 6.54 Å². The summed E-state index contributed by atoms with van der Waals surface area (Å²) in [4.78, 5) is 37.4. The van der Waals surface area contributed by atoms with Crippen LogP contribution in [0.15, 0.2) is 12.1 Å². The third kappa shape index (κ3) is 2.64. The van der Waals surface area contributed by atoms with Crippen LogP contribution in [0.3, 0.4) is 0 Å². The first-order valence-corrected chi connectivity index (χ1v) is 6.93. The molecule has 4 amide bonds. The number of urea groups is 1. The van der Waals surface area contributed by atoms with Crippen LogP contribution < -0.4 is 5.32 Å². The van der Waals surface area contributed by atoms with Gasteiger partial charge in [-0.15, -0.1) is 11.3 Å². The van der Waals surface area contributed by atoms with E-state index in [2.05, 4.69) is 5.32 Å². The predicted molar refractivity (Wildman–Crippen MR) is 72.1 cm³/mol. The van der Waals surface area contributed by atoms with Crippen LogP contribution >= 0.6 is 22.9 Å². The maximum atomic E-state index is 12.1. The van der Waals surface area contributed by atoms with Gasteiger partial charge in [-0.2, -0.15) is 0 Å². The summed E-state index contributed by atoms with van der Waals surface area (Å²) in [6.07, 6.45) is 0.529. The van der Waals surface area contributed by atoms with Crippen molar-refractivity contribution in [1.29, 1.82) is 0 Å². The molecule has 0 aromatic carbocycles. The van der Waals surface area contributed by atoms with E-state index in [9.17, 15) is 14.4 Å². The van der Waals surface area contributed by atoms with Gasteiger partial charge in [-0.3, -0.25) is 19.8 Å². The Hall–Kier alpha value is -1.40. The molecule has 5 nitrogen and oxygen atoms in total. The van der Waals surface area contributed by atoms with E-state index in [1.54, 1.807) is 6.07 Å². The van der Waals surface area contributed by atoms with Gasteiger partial charge in [0.25, 0.3) is 0 Å². The van der Waals surface area contributed by atoms with Crippen LogP contribution in [0.4, 0.5) is 4.79 Å². The minimum absolute atomic E-state index is 0.234. The molecule has 1 aromatic rings. The van der Waals surface area contributed by atoms with Crippen molar-refractivity contribution in [3.63, 3.8) is 0 Å². The van der Waals surface area contributed by atoms with Gasteiger partial charge in [0.15, 0.2) is 0 Å². The third-order valence-electron chi connectivity index (χ3n) is 3.02. The first-order valence-electron chi connectivity index (χ1n) is 5.74. The van der Waals surface area contributed by atoms with Crippen LogP contribution in [0.25, 0.3) is 0 Å². The molecule has 7 heteroatoms. The SMILES string of the molecule is CC1(C)C(=O)NC(=O)N(CCc2ccc(Cl)s2)C1=O. The Morgan fingerprint density at radius 2 is 2.00 bits per heavy atom. The van der Waals surface area contributed by atoms with Crippen molar-refractivity contribution >= 4 is 40.8 Å². The molecule has 1 fully saturated rings. The molecule has 1 saturated heterocycles. The molecule has 102 valence electrons. The van der Waals surface area contributed by atoms with E-state index in [1.165, 1.54) is 25.2 Å². The quantitative estimate of drug-likeness (QED) is 0.869. The molecular weight excluding hydrogens is 288 g/mol. The predicted octanol–water partition coefficient (Wildman–Crippen LogP) is 2.05. The molecule has 2 rings (SSSR count). The van der Waals surface area contributed by atoms with Crippen molar-refractivity contribution in [1.82, 2.24) is 10.2 Å². The highest BCUT2D eigenvalue weighted by atomic mass is 35.5. The standard InChI is InChI=1S/C12H13ClN2O3S/c1-12(2)9(16)14-11(18)15(10(12)17)6-5-7-3-4-8(13)19-7/h3-4H,5-6H2,1-2H3,(H,14,16,18). The van der Waals surface area contributed by atoms with Gasteiger partial charge < -0.3 is 0 Å². The number of imide groups is 2. The second-order valence-corrected chi connectivity index (χ2v) is 6.60. The van der Waals surface area contributed by atoms with Crippen molar-refractivity contribution in [3.8, 4) is 0 Å². The lowest BCUT2D eigenvalue weighted by atomic mass is 9.89. The molecule has 0 aliphatic carbocycles. The van der Waals surface area contributed by atoms with Gasteiger partial charge in [0.2, 0.25) is 11.8 Å². The van der Waals surface area contributed by atoms with Gasteiger partial charge in [-0.05, 0) is 26.0 Å². The van der Waals surface area contributed by atoms with E-state index >= 15 is 0 Å². The van der Waals surface area contributed by atoms with Crippen molar-refractivity contribution < 1.29 is 14.4 Å². The maximum Gasteiger partial charge on any atom is 0.330 e. The summed E-state index contributed by atoms with van der Waals surface area (Å²) in [6.45, 7) is 3.25. The van der Waals surface area contributed by atoms with E-state index in [1.807, 2.05) is 6.07 Å². The first-order chi connectivity index (χ1) is 8.82. The van der Waals surface area contributed by atoms with Crippen LogP contribution in [0, 0.1) is 5.41 Å². The Labute approximate surface area is 119 Å². The highest BCUT2D eigenvalue weighted by Gasteiger charge is 2.46. The average Bonchev–Trinajstić information content (AvgIpc) is 2.73. The fraction of sp³-hybridized carbons (Fsp3) is 0.417. The first kappa shape index (κ1) is 14.0.